The summed E-state index contributed by atoms with van der Waals surface area (Å²) in [6.07, 6.45) is 0. The summed E-state index contributed by atoms with van der Waals surface area (Å²) in [6.45, 7) is 4.73. The van der Waals surface area contributed by atoms with E-state index in [0.29, 0.717) is 41.7 Å². The number of amides is 1. The Bertz CT molecular complexity index is 1130. The molecular formula is C23H24N2O5S. The zero-order valence-corrected chi connectivity index (χ0v) is 18.1. The van der Waals surface area contributed by atoms with Crippen molar-refractivity contribution in [2.24, 2.45) is 0 Å². The largest absolute Gasteiger partial charge is 0.490 e. The van der Waals surface area contributed by atoms with E-state index in [-0.39, 0.29) is 10.8 Å². The van der Waals surface area contributed by atoms with Gasteiger partial charge < -0.3 is 14.8 Å². The molecule has 0 radical (unpaired) electrons. The maximum Gasteiger partial charge on any atom is 0.261 e. The summed E-state index contributed by atoms with van der Waals surface area (Å²) < 4.78 is 38.4. The van der Waals surface area contributed by atoms with E-state index < -0.39 is 10.0 Å². The molecule has 0 spiro atoms. The van der Waals surface area contributed by atoms with Crippen LogP contribution in [0.4, 0.5) is 11.4 Å². The van der Waals surface area contributed by atoms with Gasteiger partial charge in [0, 0.05) is 23.0 Å². The van der Waals surface area contributed by atoms with Crippen LogP contribution in [0, 0.1) is 0 Å². The number of anilines is 2. The predicted octanol–water partition coefficient (Wildman–Crippen LogP) is 4.54. The van der Waals surface area contributed by atoms with Crippen LogP contribution >= 0.6 is 0 Å². The van der Waals surface area contributed by atoms with E-state index in [9.17, 15) is 13.2 Å². The predicted molar refractivity (Wildman–Crippen MR) is 120 cm³/mol. The van der Waals surface area contributed by atoms with E-state index in [1.54, 1.807) is 60.7 Å². The van der Waals surface area contributed by atoms with Crippen molar-refractivity contribution < 1.29 is 22.7 Å². The number of sulfonamides is 1. The van der Waals surface area contributed by atoms with Crippen LogP contribution in [0.15, 0.2) is 77.7 Å². The summed E-state index contributed by atoms with van der Waals surface area (Å²) in [6, 6.07) is 19.4. The molecule has 0 saturated heterocycles. The maximum absolute atomic E-state index is 12.6. The third kappa shape index (κ3) is 5.76. The number of benzene rings is 3. The minimum absolute atomic E-state index is 0.164. The molecule has 0 fully saturated rings. The molecule has 0 saturated carbocycles. The monoisotopic (exact) mass is 440 g/mol. The summed E-state index contributed by atoms with van der Waals surface area (Å²) in [4.78, 5) is 12.8. The molecule has 7 nitrogen and oxygen atoms in total. The first kappa shape index (κ1) is 22.2. The Morgan fingerprint density at radius 2 is 1.42 bits per heavy atom. The van der Waals surface area contributed by atoms with Gasteiger partial charge in [-0.15, -0.1) is 0 Å². The van der Waals surface area contributed by atoms with Crippen molar-refractivity contribution in [2.45, 2.75) is 18.7 Å². The number of carbonyl (C=O) groups excluding carboxylic acids is 1. The molecule has 162 valence electrons. The molecule has 3 rings (SSSR count). The molecule has 2 N–H and O–H groups in total. The third-order valence-corrected chi connectivity index (χ3v) is 5.65. The Kier molecular flexibility index (Phi) is 7.15. The van der Waals surface area contributed by atoms with Crippen molar-refractivity contribution in [2.75, 3.05) is 23.3 Å². The Hall–Kier alpha value is -3.52. The molecular weight excluding hydrogens is 416 g/mol. The number of ether oxygens (including phenoxy) is 2. The average Bonchev–Trinajstić information content (AvgIpc) is 2.77. The molecule has 31 heavy (non-hydrogen) atoms. The van der Waals surface area contributed by atoms with Gasteiger partial charge in [0.05, 0.1) is 18.1 Å². The minimum atomic E-state index is -3.69. The lowest BCUT2D eigenvalue weighted by molar-refractivity contribution is 0.102. The van der Waals surface area contributed by atoms with Crippen molar-refractivity contribution in [3.8, 4) is 11.5 Å². The molecule has 3 aromatic rings. The second-order valence-corrected chi connectivity index (χ2v) is 8.16. The molecule has 0 aliphatic rings. The zero-order valence-electron chi connectivity index (χ0n) is 17.3. The summed E-state index contributed by atoms with van der Waals surface area (Å²) in [7, 11) is -3.69. The van der Waals surface area contributed by atoms with Crippen molar-refractivity contribution in [1.29, 1.82) is 0 Å². The molecule has 0 aliphatic heterocycles. The standard InChI is InChI=1S/C23H24N2O5S/c1-3-29-21-15-14-19(16-22(21)30-4-2)24-23(26)17-10-12-18(13-11-17)25-31(27,28)20-8-6-5-7-9-20/h5-16,25H,3-4H2,1-2H3,(H,24,26). The van der Waals surface area contributed by atoms with Gasteiger partial charge in [0.2, 0.25) is 0 Å². The van der Waals surface area contributed by atoms with Gasteiger partial charge in [0.25, 0.3) is 15.9 Å². The lowest BCUT2D eigenvalue weighted by Gasteiger charge is -2.13. The fourth-order valence-electron chi connectivity index (χ4n) is 2.84. The summed E-state index contributed by atoms with van der Waals surface area (Å²) >= 11 is 0. The molecule has 0 heterocycles. The molecule has 0 atom stereocenters. The van der Waals surface area contributed by atoms with E-state index in [0.717, 1.165) is 0 Å². The molecule has 0 unspecified atom stereocenters. The fraction of sp³-hybridized carbons (Fsp3) is 0.174. The van der Waals surface area contributed by atoms with Crippen molar-refractivity contribution in [3.05, 3.63) is 78.4 Å². The van der Waals surface area contributed by atoms with Crippen LogP contribution in [0.2, 0.25) is 0 Å². The number of nitrogens with one attached hydrogen (secondary N) is 2. The Balaban J connectivity index is 1.70. The first-order valence-corrected chi connectivity index (χ1v) is 11.3. The van der Waals surface area contributed by atoms with Crippen LogP contribution in [-0.2, 0) is 10.0 Å². The molecule has 0 aliphatic carbocycles. The van der Waals surface area contributed by atoms with Crippen LogP contribution in [-0.4, -0.2) is 27.5 Å². The van der Waals surface area contributed by atoms with E-state index in [1.165, 1.54) is 12.1 Å². The second kappa shape index (κ2) is 9.99. The van der Waals surface area contributed by atoms with Gasteiger partial charge in [-0.1, -0.05) is 18.2 Å². The Labute approximate surface area is 182 Å². The van der Waals surface area contributed by atoms with Gasteiger partial charge in [-0.05, 0) is 62.4 Å². The van der Waals surface area contributed by atoms with E-state index >= 15 is 0 Å². The van der Waals surface area contributed by atoms with Crippen LogP contribution in [0.1, 0.15) is 24.2 Å². The number of hydrogen-bond acceptors (Lipinski definition) is 5. The second-order valence-electron chi connectivity index (χ2n) is 6.48. The van der Waals surface area contributed by atoms with E-state index in [4.69, 9.17) is 9.47 Å². The first-order valence-electron chi connectivity index (χ1n) is 9.82. The van der Waals surface area contributed by atoms with Crippen LogP contribution < -0.4 is 19.5 Å². The smallest absolute Gasteiger partial charge is 0.261 e. The van der Waals surface area contributed by atoms with Gasteiger partial charge in [0.1, 0.15) is 0 Å². The quantitative estimate of drug-likeness (QED) is 0.510. The summed E-state index contributed by atoms with van der Waals surface area (Å²) in [5.74, 6) is 0.828. The molecule has 0 aromatic heterocycles. The lowest BCUT2D eigenvalue weighted by atomic mass is 10.2. The molecule has 1 amide bonds. The van der Waals surface area contributed by atoms with Gasteiger partial charge in [0.15, 0.2) is 11.5 Å². The van der Waals surface area contributed by atoms with Gasteiger partial charge in [-0.25, -0.2) is 8.42 Å². The highest BCUT2D eigenvalue weighted by Gasteiger charge is 2.14. The zero-order chi connectivity index (χ0) is 22.3. The molecule has 8 heteroatoms. The normalized spacial score (nSPS) is 10.9. The topological polar surface area (TPSA) is 93.7 Å². The maximum atomic E-state index is 12.6. The Morgan fingerprint density at radius 3 is 2.06 bits per heavy atom. The van der Waals surface area contributed by atoms with Gasteiger partial charge in [-0.3, -0.25) is 9.52 Å². The average molecular weight is 441 g/mol. The highest BCUT2D eigenvalue weighted by molar-refractivity contribution is 7.92. The summed E-state index contributed by atoms with van der Waals surface area (Å²) in [5, 5.41) is 2.81. The van der Waals surface area contributed by atoms with Crippen LogP contribution in [0.25, 0.3) is 0 Å². The highest BCUT2D eigenvalue weighted by Crippen LogP contribution is 2.31. The van der Waals surface area contributed by atoms with Crippen molar-refractivity contribution >= 4 is 27.3 Å². The SMILES string of the molecule is CCOc1ccc(NC(=O)c2ccc(NS(=O)(=O)c3ccccc3)cc2)cc1OCC. The first-order chi connectivity index (χ1) is 14.9. The van der Waals surface area contributed by atoms with Crippen LogP contribution in [0.5, 0.6) is 11.5 Å². The fourth-order valence-corrected chi connectivity index (χ4v) is 3.92. The van der Waals surface area contributed by atoms with E-state index in [2.05, 4.69) is 10.0 Å². The van der Waals surface area contributed by atoms with Crippen molar-refractivity contribution in [1.82, 2.24) is 0 Å². The minimum Gasteiger partial charge on any atom is -0.490 e. The van der Waals surface area contributed by atoms with Crippen molar-refractivity contribution in [3.63, 3.8) is 0 Å². The number of hydrogen-bond donors (Lipinski definition) is 2. The molecule has 3 aromatic carbocycles. The third-order valence-electron chi connectivity index (χ3n) is 4.25. The Morgan fingerprint density at radius 1 is 0.806 bits per heavy atom. The van der Waals surface area contributed by atoms with Gasteiger partial charge >= 0.3 is 0 Å². The molecule has 0 bridgehead atoms. The van der Waals surface area contributed by atoms with E-state index in [1.807, 2.05) is 13.8 Å². The summed E-state index contributed by atoms with van der Waals surface area (Å²) in [5.41, 5.74) is 1.31. The number of rotatable bonds is 9. The lowest BCUT2D eigenvalue weighted by Crippen LogP contribution is -2.14. The highest BCUT2D eigenvalue weighted by atomic mass is 32.2. The number of carbonyl (C=O) groups is 1. The van der Waals surface area contributed by atoms with Crippen LogP contribution in [0.3, 0.4) is 0 Å². The van der Waals surface area contributed by atoms with Gasteiger partial charge in [-0.2, -0.15) is 0 Å².